The van der Waals surface area contributed by atoms with Crippen LogP contribution in [-0.4, -0.2) is 32.1 Å². The van der Waals surface area contributed by atoms with E-state index in [-0.39, 0.29) is 5.97 Å². The van der Waals surface area contributed by atoms with Gasteiger partial charge in [0.1, 0.15) is 5.76 Å². The van der Waals surface area contributed by atoms with Gasteiger partial charge in [-0.2, -0.15) is 0 Å². The van der Waals surface area contributed by atoms with Crippen LogP contribution in [0.25, 0.3) is 0 Å². The van der Waals surface area contributed by atoms with Gasteiger partial charge in [0.2, 0.25) is 0 Å². The maximum absolute atomic E-state index is 11.5. The van der Waals surface area contributed by atoms with E-state index in [1.165, 1.54) is 7.11 Å². The number of carbonyl (C=O) groups excluding carboxylic acids is 1. The average molecular weight is 357 g/mol. The molecule has 0 radical (unpaired) electrons. The molecule has 2 rings (SSSR count). The van der Waals surface area contributed by atoms with E-state index in [2.05, 4.69) is 22.5 Å². The Morgan fingerprint density at radius 2 is 1.92 bits per heavy atom. The summed E-state index contributed by atoms with van der Waals surface area (Å²) >= 11 is 0. The van der Waals surface area contributed by atoms with Gasteiger partial charge in [0, 0.05) is 19.5 Å². The minimum Gasteiger partial charge on any atom is -0.469 e. The van der Waals surface area contributed by atoms with E-state index in [1.54, 1.807) is 18.4 Å². The largest absolute Gasteiger partial charge is 0.469 e. The Morgan fingerprint density at radius 3 is 2.58 bits per heavy atom. The molecule has 0 saturated carbocycles. The van der Waals surface area contributed by atoms with Crippen molar-refractivity contribution in [2.24, 2.45) is 4.99 Å². The SMILES string of the molecule is CCCCNC(=NCc1ccc(C(=O)OC)cc1)NCCc1ccco1. The van der Waals surface area contributed by atoms with Crippen molar-refractivity contribution < 1.29 is 13.9 Å². The fourth-order valence-corrected chi connectivity index (χ4v) is 2.35. The quantitative estimate of drug-likeness (QED) is 0.312. The van der Waals surface area contributed by atoms with Gasteiger partial charge in [-0.3, -0.25) is 0 Å². The van der Waals surface area contributed by atoms with Gasteiger partial charge >= 0.3 is 5.97 Å². The van der Waals surface area contributed by atoms with Gasteiger partial charge in [-0.25, -0.2) is 9.79 Å². The van der Waals surface area contributed by atoms with Crippen LogP contribution in [0.2, 0.25) is 0 Å². The van der Waals surface area contributed by atoms with E-state index in [1.807, 2.05) is 24.3 Å². The fourth-order valence-electron chi connectivity index (χ4n) is 2.35. The number of hydrogen-bond donors (Lipinski definition) is 2. The summed E-state index contributed by atoms with van der Waals surface area (Å²) in [5, 5.41) is 6.67. The molecule has 0 spiro atoms. The van der Waals surface area contributed by atoms with E-state index < -0.39 is 0 Å². The molecule has 0 unspecified atom stereocenters. The van der Waals surface area contributed by atoms with E-state index in [0.717, 1.165) is 49.6 Å². The molecule has 6 heteroatoms. The molecule has 140 valence electrons. The van der Waals surface area contributed by atoms with Crippen molar-refractivity contribution >= 4 is 11.9 Å². The van der Waals surface area contributed by atoms with Crippen molar-refractivity contribution in [2.45, 2.75) is 32.7 Å². The normalized spacial score (nSPS) is 11.2. The molecule has 0 amide bonds. The Labute approximate surface area is 154 Å². The van der Waals surface area contributed by atoms with Crippen molar-refractivity contribution in [1.29, 1.82) is 0 Å². The second-order valence-electron chi connectivity index (χ2n) is 5.89. The molecule has 2 aromatic rings. The zero-order valence-corrected chi connectivity index (χ0v) is 15.5. The zero-order valence-electron chi connectivity index (χ0n) is 15.5. The van der Waals surface area contributed by atoms with Crippen molar-refractivity contribution in [2.75, 3.05) is 20.2 Å². The van der Waals surface area contributed by atoms with Gasteiger partial charge in [-0.1, -0.05) is 25.5 Å². The maximum atomic E-state index is 11.5. The highest BCUT2D eigenvalue weighted by Crippen LogP contribution is 2.07. The van der Waals surface area contributed by atoms with Gasteiger partial charge < -0.3 is 19.8 Å². The highest BCUT2D eigenvalue weighted by molar-refractivity contribution is 5.89. The fraction of sp³-hybridized carbons (Fsp3) is 0.400. The van der Waals surface area contributed by atoms with Crippen LogP contribution in [0.3, 0.4) is 0 Å². The number of benzene rings is 1. The molecular weight excluding hydrogens is 330 g/mol. The molecule has 0 aliphatic carbocycles. The number of guanidine groups is 1. The Bertz CT molecular complexity index is 679. The van der Waals surface area contributed by atoms with Crippen LogP contribution in [-0.2, 0) is 17.7 Å². The van der Waals surface area contributed by atoms with Gasteiger partial charge in [0.05, 0.1) is 25.5 Å². The lowest BCUT2D eigenvalue weighted by atomic mass is 10.1. The number of ether oxygens (including phenoxy) is 1. The molecule has 26 heavy (non-hydrogen) atoms. The van der Waals surface area contributed by atoms with E-state index >= 15 is 0 Å². The summed E-state index contributed by atoms with van der Waals surface area (Å²) in [6.07, 6.45) is 4.70. The molecule has 0 aliphatic heterocycles. The molecule has 1 aromatic heterocycles. The third-order valence-corrected chi connectivity index (χ3v) is 3.86. The molecule has 0 fully saturated rings. The van der Waals surface area contributed by atoms with Gasteiger partial charge in [0.15, 0.2) is 5.96 Å². The maximum Gasteiger partial charge on any atom is 0.337 e. The second-order valence-corrected chi connectivity index (χ2v) is 5.89. The van der Waals surface area contributed by atoms with E-state index in [4.69, 9.17) is 9.15 Å². The Balaban J connectivity index is 1.90. The van der Waals surface area contributed by atoms with Crippen LogP contribution in [0.1, 0.15) is 41.4 Å². The molecule has 0 atom stereocenters. The summed E-state index contributed by atoms with van der Waals surface area (Å²) in [7, 11) is 1.38. The molecule has 0 saturated heterocycles. The molecule has 6 nitrogen and oxygen atoms in total. The first-order chi connectivity index (χ1) is 12.7. The summed E-state index contributed by atoms with van der Waals surface area (Å²) in [4.78, 5) is 16.1. The molecular formula is C20H27N3O3. The van der Waals surface area contributed by atoms with E-state index in [0.29, 0.717) is 12.1 Å². The van der Waals surface area contributed by atoms with Crippen LogP contribution in [0.5, 0.6) is 0 Å². The third kappa shape index (κ3) is 6.63. The minimum absolute atomic E-state index is 0.332. The standard InChI is InChI=1S/C20H27N3O3/c1-3-4-12-21-20(22-13-11-18-6-5-14-26-18)23-15-16-7-9-17(10-8-16)19(24)25-2/h5-10,14H,3-4,11-13,15H2,1-2H3,(H2,21,22,23). The van der Waals surface area contributed by atoms with Gasteiger partial charge in [-0.15, -0.1) is 0 Å². The number of esters is 1. The summed E-state index contributed by atoms with van der Waals surface area (Å²) < 4.78 is 10.1. The number of unbranched alkanes of at least 4 members (excludes halogenated alkanes) is 1. The zero-order chi connectivity index (χ0) is 18.6. The topological polar surface area (TPSA) is 75.9 Å². The smallest absolute Gasteiger partial charge is 0.337 e. The van der Waals surface area contributed by atoms with Crippen molar-refractivity contribution in [3.8, 4) is 0 Å². The van der Waals surface area contributed by atoms with Crippen LogP contribution in [0.4, 0.5) is 0 Å². The molecule has 2 N–H and O–H groups in total. The number of furan rings is 1. The number of carbonyl (C=O) groups is 1. The second kappa shape index (κ2) is 11.0. The molecule has 1 aromatic carbocycles. The number of rotatable bonds is 9. The predicted octanol–water partition coefficient (Wildman–Crippen LogP) is 3.14. The number of methoxy groups -OCH3 is 1. The summed E-state index contributed by atoms with van der Waals surface area (Å²) in [5.41, 5.74) is 1.57. The predicted molar refractivity (Wildman–Crippen MR) is 102 cm³/mol. The highest BCUT2D eigenvalue weighted by Gasteiger charge is 2.05. The summed E-state index contributed by atoms with van der Waals surface area (Å²) in [5.74, 6) is 1.40. The third-order valence-electron chi connectivity index (χ3n) is 3.86. The number of hydrogen-bond acceptors (Lipinski definition) is 4. The summed E-state index contributed by atoms with van der Waals surface area (Å²) in [6.45, 7) is 4.31. The summed E-state index contributed by atoms with van der Waals surface area (Å²) in [6, 6.07) is 11.1. The number of aliphatic imine (C=N–C) groups is 1. The monoisotopic (exact) mass is 357 g/mol. The van der Waals surface area contributed by atoms with Crippen LogP contribution >= 0.6 is 0 Å². The Kier molecular flexibility index (Phi) is 8.26. The van der Waals surface area contributed by atoms with Crippen LogP contribution in [0.15, 0.2) is 52.1 Å². The molecule has 0 bridgehead atoms. The van der Waals surface area contributed by atoms with Gasteiger partial charge in [0.25, 0.3) is 0 Å². The lowest BCUT2D eigenvalue weighted by Gasteiger charge is -2.12. The first-order valence-corrected chi connectivity index (χ1v) is 8.94. The first kappa shape index (κ1) is 19.6. The van der Waals surface area contributed by atoms with Crippen molar-refractivity contribution in [3.05, 3.63) is 59.5 Å². The van der Waals surface area contributed by atoms with Crippen molar-refractivity contribution in [3.63, 3.8) is 0 Å². The molecule has 1 heterocycles. The lowest BCUT2D eigenvalue weighted by molar-refractivity contribution is 0.0600. The van der Waals surface area contributed by atoms with Crippen molar-refractivity contribution in [1.82, 2.24) is 10.6 Å². The van der Waals surface area contributed by atoms with Crippen LogP contribution in [0, 0.1) is 0 Å². The molecule has 0 aliphatic rings. The Morgan fingerprint density at radius 1 is 1.15 bits per heavy atom. The van der Waals surface area contributed by atoms with Gasteiger partial charge in [-0.05, 0) is 36.2 Å². The first-order valence-electron chi connectivity index (χ1n) is 8.94. The number of nitrogens with zero attached hydrogens (tertiary/aromatic N) is 1. The lowest BCUT2D eigenvalue weighted by Crippen LogP contribution is -2.38. The Hall–Kier alpha value is -2.76. The minimum atomic E-state index is -0.332. The number of nitrogens with one attached hydrogen (secondary N) is 2. The van der Waals surface area contributed by atoms with Crippen LogP contribution < -0.4 is 10.6 Å². The van der Waals surface area contributed by atoms with E-state index in [9.17, 15) is 4.79 Å². The highest BCUT2D eigenvalue weighted by atomic mass is 16.5. The average Bonchev–Trinajstić information content (AvgIpc) is 3.19.